The summed E-state index contributed by atoms with van der Waals surface area (Å²) < 4.78 is 7.02. The number of aliphatic hydroxyl groups is 1. The second kappa shape index (κ2) is 7.11. The molecule has 0 aliphatic heterocycles. The molecule has 3 aromatic heterocycles. The van der Waals surface area contributed by atoms with E-state index in [9.17, 15) is 0 Å². The lowest BCUT2D eigenvalue weighted by Gasteiger charge is -2.06. The minimum Gasteiger partial charge on any atom is -0.465 e. The van der Waals surface area contributed by atoms with Crippen molar-refractivity contribution in [3.8, 4) is 10.6 Å². The normalized spacial score (nSPS) is 11.3. The highest BCUT2D eigenvalue weighted by Gasteiger charge is 2.09. The van der Waals surface area contributed by atoms with Gasteiger partial charge < -0.3 is 14.8 Å². The summed E-state index contributed by atoms with van der Waals surface area (Å²) in [6.45, 7) is 1.18. The average Bonchev–Trinajstić information content (AvgIpc) is 3.26. The highest BCUT2D eigenvalue weighted by atomic mass is 32.1. The van der Waals surface area contributed by atoms with Crippen molar-refractivity contribution in [1.29, 1.82) is 0 Å². The molecule has 0 aromatic carbocycles. The summed E-state index contributed by atoms with van der Waals surface area (Å²) in [5.74, 6) is 1.71. The maximum Gasteiger partial charge on any atom is 0.126 e. The average molecular weight is 315 g/mol. The van der Waals surface area contributed by atoms with Crippen molar-refractivity contribution < 1.29 is 9.52 Å². The molecule has 0 saturated carbocycles. The quantitative estimate of drug-likeness (QED) is 0.702. The Kier molecular flexibility index (Phi) is 4.72. The van der Waals surface area contributed by atoms with Gasteiger partial charge in [-0.1, -0.05) is 12.1 Å². The number of hydrogen-bond donors (Lipinski definition) is 2. The molecule has 0 unspecified atom stereocenters. The highest BCUT2D eigenvalue weighted by molar-refractivity contribution is 7.13. The number of anilines is 1. The fraction of sp³-hybridized carbons (Fsp3) is 0.188. The van der Waals surface area contributed by atoms with Crippen LogP contribution in [0.25, 0.3) is 16.6 Å². The lowest BCUT2D eigenvalue weighted by Crippen LogP contribution is -2.10. The third-order valence-electron chi connectivity index (χ3n) is 3.09. The number of nitrogens with zero attached hydrogens (tertiary/aromatic N) is 2. The molecule has 0 fully saturated rings. The zero-order valence-electron chi connectivity index (χ0n) is 12.0. The molecule has 0 atom stereocenters. The molecule has 0 radical (unpaired) electrons. The van der Waals surface area contributed by atoms with Gasteiger partial charge >= 0.3 is 0 Å². The van der Waals surface area contributed by atoms with E-state index in [1.54, 1.807) is 22.3 Å². The van der Waals surface area contributed by atoms with Gasteiger partial charge in [0.05, 0.1) is 24.3 Å². The first-order valence-corrected chi connectivity index (χ1v) is 7.91. The van der Waals surface area contributed by atoms with Gasteiger partial charge in [0, 0.05) is 12.6 Å². The van der Waals surface area contributed by atoms with Crippen LogP contribution < -0.4 is 5.32 Å². The third kappa shape index (κ3) is 3.47. The van der Waals surface area contributed by atoms with Crippen LogP contribution in [0.3, 0.4) is 0 Å². The number of aliphatic hydroxyl groups excluding tert-OH is 1. The fourth-order valence-electron chi connectivity index (χ4n) is 2.09. The van der Waals surface area contributed by atoms with E-state index in [1.807, 2.05) is 47.9 Å². The largest absolute Gasteiger partial charge is 0.465 e. The number of rotatable bonds is 7. The maximum atomic E-state index is 9.17. The molecule has 114 valence electrons. The zero-order valence-corrected chi connectivity index (χ0v) is 12.8. The second-order valence-electron chi connectivity index (χ2n) is 4.64. The van der Waals surface area contributed by atoms with E-state index in [2.05, 4.69) is 10.4 Å². The Morgan fingerprint density at radius 2 is 2.32 bits per heavy atom. The van der Waals surface area contributed by atoms with Crippen molar-refractivity contribution in [2.45, 2.75) is 6.54 Å². The van der Waals surface area contributed by atoms with Crippen LogP contribution in [0.5, 0.6) is 0 Å². The van der Waals surface area contributed by atoms with Gasteiger partial charge in [-0.3, -0.25) is 0 Å². The molecule has 22 heavy (non-hydrogen) atoms. The summed E-state index contributed by atoms with van der Waals surface area (Å²) in [7, 11) is 0. The first-order chi connectivity index (χ1) is 10.9. The summed E-state index contributed by atoms with van der Waals surface area (Å²) >= 11 is 1.65. The Labute approximate surface area is 132 Å². The molecule has 0 aliphatic rings. The molecule has 0 saturated heterocycles. The van der Waals surface area contributed by atoms with Crippen LogP contribution in [0, 0.1) is 0 Å². The molecule has 0 spiro atoms. The van der Waals surface area contributed by atoms with Gasteiger partial charge in [0.15, 0.2) is 0 Å². The lowest BCUT2D eigenvalue weighted by molar-refractivity contribution is 0.270. The second-order valence-corrected chi connectivity index (χ2v) is 5.59. The Bertz CT molecular complexity index is 715. The SMILES string of the molecule is OCCn1nc(-c2cccs2)cc1NC/C=C/c1ccco1. The van der Waals surface area contributed by atoms with Gasteiger partial charge in [-0.2, -0.15) is 5.10 Å². The van der Waals surface area contributed by atoms with Crippen molar-refractivity contribution in [3.63, 3.8) is 0 Å². The molecule has 0 bridgehead atoms. The van der Waals surface area contributed by atoms with Gasteiger partial charge in [0.25, 0.3) is 0 Å². The standard InChI is InChI=1S/C16H17N3O2S/c20-9-8-19-16(12-14(18-19)15-6-3-11-22-15)17-7-1-4-13-5-2-10-21-13/h1-6,10-12,17,20H,7-9H2/b4-1+. The summed E-state index contributed by atoms with van der Waals surface area (Å²) in [6, 6.07) is 9.81. The Hall–Kier alpha value is -2.31. The zero-order chi connectivity index (χ0) is 15.2. The topological polar surface area (TPSA) is 63.2 Å². The molecule has 6 heteroatoms. The van der Waals surface area contributed by atoms with E-state index in [4.69, 9.17) is 9.52 Å². The van der Waals surface area contributed by atoms with Crippen molar-refractivity contribution in [1.82, 2.24) is 9.78 Å². The summed E-state index contributed by atoms with van der Waals surface area (Å²) in [5.41, 5.74) is 0.918. The number of furan rings is 1. The first-order valence-electron chi connectivity index (χ1n) is 7.03. The van der Waals surface area contributed by atoms with Crippen LogP contribution in [0.1, 0.15) is 5.76 Å². The van der Waals surface area contributed by atoms with E-state index in [1.165, 1.54) is 0 Å². The molecule has 0 aliphatic carbocycles. The van der Waals surface area contributed by atoms with E-state index >= 15 is 0 Å². The van der Waals surface area contributed by atoms with E-state index in [0.29, 0.717) is 13.1 Å². The summed E-state index contributed by atoms with van der Waals surface area (Å²) in [5, 5.41) is 19.0. The van der Waals surface area contributed by atoms with E-state index in [0.717, 1.165) is 22.1 Å². The van der Waals surface area contributed by atoms with Gasteiger partial charge in [-0.25, -0.2) is 4.68 Å². The smallest absolute Gasteiger partial charge is 0.126 e. The molecule has 3 heterocycles. The number of aromatic nitrogens is 2. The molecule has 3 rings (SSSR count). The van der Waals surface area contributed by atoms with Crippen LogP contribution >= 0.6 is 11.3 Å². The van der Waals surface area contributed by atoms with Crippen LogP contribution in [-0.4, -0.2) is 28.0 Å². The third-order valence-corrected chi connectivity index (χ3v) is 3.98. The Balaban J connectivity index is 1.69. The molecule has 5 nitrogen and oxygen atoms in total. The molecule has 3 aromatic rings. The van der Waals surface area contributed by atoms with Crippen molar-refractivity contribution >= 4 is 23.2 Å². The molecule has 0 amide bonds. The summed E-state index contributed by atoms with van der Waals surface area (Å²) in [4.78, 5) is 1.12. The Morgan fingerprint density at radius 3 is 3.05 bits per heavy atom. The Morgan fingerprint density at radius 1 is 1.36 bits per heavy atom. The number of hydrogen-bond acceptors (Lipinski definition) is 5. The molecular weight excluding hydrogens is 298 g/mol. The van der Waals surface area contributed by atoms with E-state index < -0.39 is 0 Å². The van der Waals surface area contributed by atoms with Gasteiger partial charge in [0.2, 0.25) is 0 Å². The monoisotopic (exact) mass is 315 g/mol. The number of thiophene rings is 1. The molecule has 2 N–H and O–H groups in total. The van der Waals surface area contributed by atoms with E-state index in [-0.39, 0.29) is 6.61 Å². The van der Waals surface area contributed by atoms with Gasteiger partial charge in [0.1, 0.15) is 17.3 Å². The predicted octanol–water partition coefficient (Wildman–Crippen LogP) is 3.32. The minimum atomic E-state index is 0.0580. The maximum absolute atomic E-state index is 9.17. The lowest BCUT2D eigenvalue weighted by atomic mass is 10.3. The first kappa shape index (κ1) is 14.6. The highest BCUT2D eigenvalue weighted by Crippen LogP contribution is 2.26. The summed E-state index contributed by atoms with van der Waals surface area (Å²) in [6.07, 6.45) is 5.55. The number of nitrogens with one attached hydrogen (secondary N) is 1. The van der Waals surface area contributed by atoms with Crippen LogP contribution in [0.4, 0.5) is 5.82 Å². The van der Waals surface area contributed by atoms with Gasteiger partial charge in [-0.05, 0) is 29.7 Å². The van der Waals surface area contributed by atoms with Crippen molar-refractivity contribution in [2.75, 3.05) is 18.5 Å². The van der Waals surface area contributed by atoms with Crippen molar-refractivity contribution in [2.24, 2.45) is 0 Å². The van der Waals surface area contributed by atoms with Crippen molar-refractivity contribution in [3.05, 3.63) is 53.8 Å². The van der Waals surface area contributed by atoms with Crippen LogP contribution in [0.15, 0.2) is 52.5 Å². The van der Waals surface area contributed by atoms with Crippen LogP contribution in [-0.2, 0) is 6.54 Å². The van der Waals surface area contributed by atoms with Crippen LogP contribution in [0.2, 0.25) is 0 Å². The van der Waals surface area contributed by atoms with Gasteiger partial charge in [-0.15, -0.1) is 11.3 Å². The predicted molar refractivity (Wildman–Crippen MR) is 88.9 cm³/mol. The molecular formula is C16H17N3O2S. The minimum absolute atomic E-state index is 0.0580. The fourth-order valence-corrected chi connectivity index (χ4v) is 2.78.